The largest absolute Gasteiger partial charge is 0.497 e. The first kappa shape index (κ1) is 21.9. The van der Waals surface area contributed by atoms with Crippen molar-refractivity contribution in [3.8, 4) is 5.75 Å². The lowest BCUT2D eigenvalue weighted by atomic mass is 10.0. The molecule has 160 valence electrons. The second-order valence-corrected chi connectivity index (χ2v) is 8.38. The maximum absolute atomic E-state index is 13.2. The van der Waals surface area contributed by atoms with Gasteiger partial charge in [-0.05, 0) is 47.6 Å². The number of carbonyl (C=O) groups is 2. The van der Waals surface area contributed by atoms with E-state index < -0.39 is 0 Å². The molecular formula is C25H32N2O3. The molecule has 5 nitrogen and oxygen atoms in total. The Balaban J connectivity index is 1.73. The maximum atomic E-state index is 13.2. The zero-order valence-electron chi connectivity index (χ0n) is 18.4. The highest BCUT2D eigenvalue weighted by atomic mass is 16.5. The van der Waals surface area contributed by atoms with Crippen LogP contribution in [-0.4, -0.2) is 29.9 Å². The van der Waals surface area contributed by atoms with Crippen LogP contribution in [0.1, 0.15) is 68.7 Å². The number of methoxy groups -OCH3 is 1. The van der Waals surface area contributed by atoms with Gasteiger partial charge in [0.15, 0.2) is 0 Å². The lowest BCUT2D eigenvalue weighted by Gasteiger charge is -2.26. The summed E-state index contributed by atoms with van der Waals surface area (Å²) in [5, 5.41) is 2.94. The molecule has 1 aliphatic carbocycles. The van der Waals surface area contributed by atoms with E-state index in [1.807, 2.05) is 29.2 Å². The molecular weight excluding hydrogens is 376 g/mol. The molecule has 1 unspecified atom stereocenters. The van der Waals surface area contributed by atoms with Crippen molar-refractivity contribution in [3.63, 3.8) is 0 Å². The van der Waals surface area contributed by atoms with E-state index in [1.165, 1.54) is 12.5 Å². The molecule has 0 spiro atoms. The molecule has 0 heterocycles. The summed E-state index contributed by atoms with van der Waals surface area (Å²) in [7, 11) is 1.62. The van der Waals surface area contributed by atoms with E-state index in [0.717, 1.165) is 29.7 Å². The molecule has 2 amide bonds. The monoisotopic (exact) mass is 408 g/mol. The molecule has 30 heavy (non-hydrogen) atoms. The molecule has 0 aliphatic heterocycles. The van der Waals surface area contributed by atoms with Crippen molar-refractivity contribution in [3.05, 3.63) is 65.2 Å². The minimum Gasteiger partial charge on any atom is -0.497 e. The predicted molar refractivity (Wildman–Crippen MR) is 118 cm³/mol. The Morgan fingerprint density at radius 1 is 1.03 bits per heavy atom. The van der Waals surface area contributed by atoms with E-state index in [2.05, 4.69) is 43.4 Å². The van der Waals surface area contributed by atoms with Gasteiger partial charge in [-0.3, -0.25) is 9.59 Å². The van der Waals surface area contributed by atoms with E-state index >= 15 is 0 Å². The highest BCUT2D eigenvalue weighted by Gasteiger charge is 2.33. The van der Waals surface area contributed by atoms with Crippen LogP contribution in [0.4, 0.5) is 0 Å². The van der Waals surface area contributed by atoms with Crippen molar-refractivity contribution in [2.24, 2.45) is 0 Å². The summed E-state index contributed by atoms with van der Waals surface area (Å²) in [6, 6.07) is 16.0. The topological polar surface area (TPSA) is 58.6 Å². The summed E-state index contributed by atoms with van der Waals surface area (Å²) < 4.78 is 5.22. The van der Waals surface area contributed by atoms with Crippen LogP contribution in [0.5, 0.6) is 5.75 Å². The lowest BCUT2D eigenvalue weighted by molar-refractivity contribution is -0.133. The molecule has 1 aliphatic rings. The van der Waals surface area contributed by atoms with Gasteiger partial charge in [0.25, 0.3) is 0 Å². The number of nitrogens with zero attached hydrogens (tertiary/aromatic N) is 1. The Bertz CT molecular complexity index is 855. The van der Waals surface area contributed by atoms with Gasteiger partial charge in [0.2, 0.25) is 11.8 Å². The van der Waals surface area contributed by atoms with Crippen LogP contribution in [-0.2, 0) is 16.1 Å². The van der Waals surface area contributed by atoms with Crippen LogP contribution in [0.2, 0.25) is 0 Å². The molecule has 2 aromatic carbocycles. The first-order chi connectivity index (χ1) is 14.4. The molecule has 1 saturated carbocycles. The van der Waals surface area contributed by atoms with Crippen LogP contribution in [0.15, 0.2) is 48.5 Å². The van der Waals surface area contributed by atoms with Crippen LogP contribution in [0.25, 0.3) is 0 Å². The fraction of sp³-hybridized carbons (Fsp3) is 0.440. The van der Waals surface area contributed by atoms with Crippen LogP contribution in [0.3, 0.4) is 0 Å². The number of hydrogen-bond acceptors (Lipinski definition) is 3. The van der Waals surface area contributed by atoms with Crippen LogP contribution < -0.4 is 10.1 Å². The normalized spacial score (nSPS) is 14.3. The average molecular weight is 409 g/mol. The first-order valence-corrected chi connectivity index (χ1v) is 10.7. The summed E-state index contributed by atoms with van der Waals surface area (Å²) in [6.07, 6.45) is 2.33. The number of carbonyl (C=O) groups excluding carboxylic acids is 2. The van der Waals surface area contributed by atoms with E-state index in [-0.39, 0.29) is 24.3 Å². The lowest BCUT2D eigenvalue weighted by Crippen LogP contribution is -2.36. The molecule has 3 rings (SSSR count). The Kier molecular flexibility index (Phi) is 7.14. The Labute approximate surface area is 179 Å². The van der Waals surface area contributed by atoms with E-state index in [4.69, 9.17) is 4.74 Å². The van der Waals surface area contributed by atoms with Crippen molar-refractivity contribution in [1.29, 1.82) is 0 Å². The minimum absolute atomic E-state index is 0.0694. The number of nitrogens with one attached hydrogen (secondary N) is 1. The number of rotatable bonds is 9. The summed E-state index contributed by atoms with van der Waals surface area (Å²) in [5.74, 6) is 1.16. The van der Waals surface area contributed by atoms with Crippen molar-refractivity contribution in [1.82, 2.24) is 10.2 Å². The molecule has 1 fully saturated rings. The molecule has 0 saturated heterocycles. The first-order valence-electron chi connectivity index (χ1n) is 10.7. The zero-order valence-corrected chi connectivity index (χ0v) is 18.4. The van der Waals surface area contributed by atoms with E-state index in [9.17, 15) is 9.59 Å². The summed E-state index contributed by atoms with van der Waals surface area (Å²) in [6.45, 7) is 6.44. The quantitative estimate of drug-likeness (QED) is 0.661. The Hall–Kier alpha value is -2.82. The van der Waals surface area contributed by atoms with Crippen molar-refractivity contribution in [2.75, 3.05) is 7.11 Å². The highest BCUT2D eigenvalue weighted by Crippen LogP contribution is 2.31. The number of ether oxygens (including phenoxy) is 1. The molecule has 0 bridgehead atoms. The Morgan fingerprint density at radius 2 is 1.63 bits per heavy atom. The van der Waals surface area contributed by atoms with Crippen molar-refractivity contribution >= 4 is 11.8 Å². The SMILES string of the molecule is COc1ccc(C(CC(=O)N(Cc2ccc(C(C)C)cc2)C2CC2)NC(C)=O)cc1. The molecule has 2 aromatic rings. The van der Waals surface area contributed by atoms with Gasteiger partial charge in [0.1, 0.15) is 5.75 Å². The fourth-order valence-corrected chi connectivity index (χ4v) is 3.64. The van der Waals surface area contributed by atoms with Crippen molar-refractivity contribution in [2.45, 2.75) is 64.6 Å². The van der Waals surface area contributed by atoms with Crippen LogP contribution >= 0.6 is 0 Å². The third-order valence-corrected chi connectivity index (χ3v) is 5.58. The Morgan fingerprint density at radius 3 is 2.13 bits per heavy atom. The minimum atomic E-state index is -0.356. The average Bonchev–Trinajstić information content (AvgIpc) is 3.56. The standard InChI is InChI=1S/C25H32N2O3/c1-17(2)20-7-5-19(6-8-20)16-27(22-11-12-22)25(29)15-24(26-18(3)28)21-9-13-23(30-4)14-10-21/h5-10,13-14,17,22,24H,11-12,15-16H2,1-4H3,(H,26,28). The highest BCUT2D eigenvalue weighted by molar-refractivity contribution is 5.79. The number of amides is 2. The van der Waals surface area contributed by atoms with Gasteiger partial charge in [-0.25, -0.2) is 0 Å². The second-order valence-electron chi connectivity index (χ2n) is 8.38. The van der Waals surface area contributed by atoms with Gasteiger partial charge >= 0.3 is 0 Å². The number of benzene rings is 2. The van der Waals surface area contributed by atoms with E-state index in [1.54, 1.807) is 7.11 Å². The van der Waals surface area contributed by atoms with Gasteiger partial charge in [-0.2, -0.15) is 0 Å². The molecule has 5 heteroatoms. The van der Waals surface area contributed by atoms with Gasteiger partial charge in [0, 0.05) is 19.5 Å². The predicted octanol–water partition coefficient (Wildman–Crippen LogP) is 4.58. The second kappa shape index (κ2) is 9.79. The van der Waals surface area contributed by atoms with Gasteiger partial charge in [0.05, 0.1) is 19.6 Å². The smallest absolute Gasteiger partial charge is 0.225 e. The zero-order chi connectivity index (χ0) is 21.7. The van der Waals surface area contributed by atoms with Crippen LogP contribution in [0, 0.1) is 0 Å². The molecule has 0 aromatic heterocycles. The van der Waals surface area contributed by atoms with Gasteiger partial charge in [-0.15, -0.1) is 0 Å². The summed E-state index contributed by atoms with van der Waals surface area (Å²) >= 11 is 0. The molecule has 1 N–H and O–H groups in total. The third-order valence-electron chi connectivity index (χ3n) is 5.58. The maximum Gasteiger partial charge on any atom is 0.225 e. The summed E-state index contributed by atoms with van der Waals surface area (Å²) in [5.41, 5.74) is 3.34. The van der Waals surface area contributed by atoms with E-state index in [0.29, 0.717) is 18.5 Å². The molecule has 0 radical (unpaired) electrons. The van der Waals surface area contributed by atoms with Gasteiger partial charge in [-0.1, -0.05) is 50.2 Å². The third kappa shape index (κ3) is 5.85. The summed E-state index contributed by atoms with van der Waals surface area (Å²) in [4.78, 5) is 27.0. The number of hydrogen-bond donors (Lipinski definition) is 1. The fourth-order valence-electron chi connectivity index (χ4n) is 3.64. The molecule has 1 atom stereocenters. The van der Waals surface area contributed by atoms with Gasteiger partial charge < -0.3 is 15.0 Å². The van der Waals surface area contributed by atoms with Crippen molar-refractivity contribution < 1.29 is 14.3 Å².